The topological polar surface area (TPSA) is 99.2 Å². The van der Waals surface area contributed by atoms with Crippen molar-refractivity contribution in [2.24, 2.45) is 7.05 Å². The summed E-state index contributed by atoms with van der Waals surface area (Å²) in [4.78, 5) is 22.9. The van der Waals surface area contributed by atoms with Crippen LogP contribution in [0.1, 0.15) is 34.1 Å². The number of pyridine rings is 1. The normalized spacial score (nSPS) is 14.1. The highest BCUT2D eigenvalue weighted by Crippen LogP contribution is 2.22. The van der Waals surface area contributed by atoms with Crippen LogP contribution >= 0.6 is 0 Å². The van der Waals surface area contributed by atoms with E-state index < -0.39 is 0 Å². The van der Waals surface area contributed by atoms with Crippen LogP contribution in [0.25, 0.3) is 5.57 Å². The van der Waals surface area contributed by atoms with Gasteiger partial charge in [0.1, 0.15) is 0 Å². The molecule has 3 aromatic rings. The number of carbonyl (C=O) groups is 1. The molecule has 0 bridgehead atoms. The molecule has 0 saturated heterocycles. The number of carbonyl (C=O) groups excluding carboxylic acids is 1. The van der Waals surface area contributed by atoms with Crippen molar-refractivity contribution in [3.63, 3.8) is 0 Å². The molecule has 0 N–H and O–H groups in total. The van der Waals surface area contributed by atoms with Gasteiger partial charge >= 0.3 is 0 Å². The molecule has 28 heavy (non-hydrogen) atoms. The molecule has 0 aliphatic carbocycles. The van der Waals surface area contributed by atoms with Crippen LogP contribution < -0.4 is 4.74 Å². The molecule has 1 aliphatic heterocycles. The van der Waals surface area contributed by atoms with Crippen molar-refractivity contribution >= 4 is 11.5 Å². The molecule has 0 fully saturated rings. The summed E-state index contributed by atoms with van der Waals surface area (Å²) in [7, 11) is 1.88. The Morgan fingerprint density at radius 1 is 1.32 bits per heavy atom. The van der Waals surface area contributed by atoms with Crippen molar-refractivity contribution < 1.29 is 14.1 Å². The van der Waals surface area contributed by atoms with Crippen molar-refractivity contribution in [3.05, 3.63) is 59.6 Å². The first-order chi connectivity index (χ1) is 13.6. The van der Waals surface area contributed by atoms with E-state index in [4.69, 9.17) is 9.26 Å². The SMILES string of the molecule is Cc1noc(COc2ccc(C(=O)N3CCC=C(c4cnn(C)c4)C3)cn2)n1. The summed E-state index contributed by atoms with van der Waals surface area (Å²) in [6.45, 7) is 3.10. The first-order valence-corrected chi connectivity index (χ1v) is 8.94. The quantitative estimate of drug-likeness (QED) is 0.667. The minimum Gasteiger partial charge on any atom is -0.468 e. The Hall–Kier alpha value is -3.49. The predicted molar refractivity (Wildman–Crippen MR) is 99.3 cm³/mol. The third-order valence-electron chi connectivity index (χ3n) is 4.41. The molecule has 0 saturated carbocycles. The van der Waals surface area contributed by atoms with E-state index in [1.165, 1.54) is 6.20 Å². The van der Waals surface area contributed by atoms with Crippen molar-refractivity contribution in [2.45, 2.75) is 20.0 Å². The van der Waals surface area contributed by atoms with Gasteiger partial charge in [-0.3, -0.25) is 9.48 Å². The van der Waals surface area contributed by atoms with Crippen LogP contribution in [0, 0.1) is 6.92 Å². The van der Waals surface area contributed by atoms with Crippen LogP contribution in [-0.4, -0.2) is 48.8 Å². The zero-order chi connectivity index (χ0) is 19.5. The van der Waals surface area contributed by atoms with E-state index in [1.54, 1.807) is 23.7 Å². The molecule has 0 unspecified atom stereocenters. The standard InChI is InChI=1S/C19H20N6O3/c1-13-22-18(28-23-13)12-27-17-6-5-14(8-20-17)19(26)25-7-3-4-15(11-25)16-9-21-24(2)10-16/h4-6,8-10H,3,7,11-12H2,1-2H3. The Labute approximate surface area is 161 Å². The Balaban J connectivity index is 1.38. The second-order valence-corrected chi connectivity index (χ2v) is 6.56. The van der Waals surface area contributed by atoms with E-state index in [2.05, 4.69) is 26.3 Å². The summed E-state index contributed by atoms with van der Waals surface area (Å²) in [6.07, 6.45) is 8.28. The number of hydrogen-bond donors (Lipinski definition) is 0. The first kappa shape index (κ1) is 17.9. The highest BCUT2D eigenvalue weighted by Gasteiger charge is 2.21. The molecule has 0 spiro atoms. The molecular formula is C19H20N6O3. The van der Waals surface area contributed by atoms with Crippen molar-refractivity contribution in [1.29, 1.82) is 0 Å². The lowest BCUT2D eigenvalue weighted by molar-refractivity contribution is 0.0774. The second kappa shape index (κ2) is 7.63. The molecular weight excluding hydrogens is 360 g/mol. The van der Waals surface area contributed by atoms with Crippen LogP contribution in [-0.2, 0) is 13.7 Å². The Kier molecular flexibility index (Phi) is 4.88. The Morgan fingerprint density at radius 3 is 2.89 bits per heavy atom. The third kappa shape index (κ3) is 3.93. The fourth-order valence-corrected chi connectivity index (χ4v) is 3.02. The number of ether oxygens (including phenoxy) is 1. The summed E-state index contributed by atoms with van der Waals surface area (Å²) in [5, 5.41) is 7.90. The molecule has 3 aromatic heterocycles. The number of hydrogen-bond acceptors (Lipinski definition) is 7. The summed E-state index contributed by atoms with van der Waals surface area (Å²) in [5.41, 5.74) is 2.67. The molecule has 4 heterocycles. The second-order valence-electron chi connectivity index (χ2n) is 6.56. The highest BCUT2D eigenvalue weighted by molar-refractivity contribution is 5.95. The minimum absolute atomic E-state index is 0.0546. The van der Waals surface area contributed by atoms with Crippen LogP contribution in [0.5, 0.6) is 5.88 Å². The van der Waals surface area contributed by atoms with Gasteiger partial charge < -0.3 is 14.2 Å². The fraction of sp³-hybridized carbons (Fsp3) is 0.316. The van der Waals surface area contributed by atoms with Crippen LogP contribution in [0.4, 0.5) is 0 Å². The van der Waals surface area contributed by atoms with Crippen molar-refractivity contribution in [2.75, 3.05) is 13.1 Å². The molecule has 1 amide bonds. The number of nitrogens with zero attached hydrogens (tertiary/aromatic N) is 6. The number of amides is 1. The highest BCUT2D eigenvalue weighted by atomic mass is 16.5. The van der Waals surface area contributed by atoms with E-state index in [9.17, 15) is 4.79 Å². The molecule has 4 rings (SSSR count). The number of aryl methyl sites for hydroxylation is 2. The summed E-state index contributed by atoms with van der Waals surface area (Å²) < 4.78 is 12.3. The molecule has 0 aromatic carbocycles. The number of aromatic nitrogens is 5. The molecule has 0 atom stereocenters. The lowest BCUT2D eigenvalue weighted by Crippen LogP contribution is -2.35. The lowest BCUT2D eigenvalue weighted by atomic mass is 10.0. The maximum Gasteiger partial charge on any atom is 0.264 e. The zero-order valence-electron chi connectivity index (χ0n) is 15.7. The average molecular weight is 380 g/mol. The molecule has 9 nitrogen and oxygen atoms in total. The average Bonchev–Trinajstić information content (AvgIpc) is 3.34. The Morgan fingerprint density at radius 2 is 2.21 bits per heavy atom. The van der Waals surface area contributed by atoms with Crippen molar-refractivity contribution in [1.82, 2.24) is 29.8 Å². The molecule has 144 valence electrons. The number of rotatable bonds is 5. The monoisotopic (exact) mass is 380 g/mol. The largest absolute Gasteiger partial charge is 0.468 e. The van der Waals surface area contributed by atoms with E-state index >= 15 is 0 Å². The summed E-state index contributed by atoms with van der Waals surface area (Å²) >= 11 is 0. The van der Waals surface area contributed by atoms with Crippen molar-refractivity contribution in [3.8, 4) is 5.88 Å². The van der Waals surface area contributed by atoms with Gasteiger partial charge in [0, 0.05) is 44.2 Å². The van der Waals surface area contributed by atoms with E-state index in [1.807, 2.05) is 24.3 Å². The van der Waals surface area contributed by atoms with Gasteiger partial charge in [-0.2, -0.15) is 10.1 Å². The molecule has 0 radical (unpaired) electrons. The molecule has 1 aliphatic rings. The summed E-state index contributed by atoms with van der Waals surface area (Å²) in [5.74, 6) is 1.26. The fourth-order valence-electron chi connectivity index (χ4n) is 3.02. The van der Waals surface area contributed by atoms with Gasteiger partial charge in [0.05, 0.1) is 11.8 Å². The maximum atomic E-state index is 12.8. The third-order valence-corrected chi connectivity index (χ3v) is 4.41. The Bertz CT molecular complexity index is 1000. The summed E-state index contributed by atoms with van der Waals surface area (Å²) in [6, 6.07) is 3.38. The first-order valence-electron chi connectivity index (χ1n) is 8.94. The van der Waals surface area contributed by atoms with E-state index in [0.717, 1.165) is 17.6 Å². The predicted octanol–water partition coefficient (Wildman–Crippen LogP) is 2.02. The lowest BCUT2D eigenvalue weighted by Gasteiger charge is -2.27. The smallest absolute Gasteiger partial charge is 0.264 e. The van der Waals surface area contributed by atoms with Gasteiger partial charge in [-0.15, -0.1) is 0 Å². The van der Waals surface area contributed by atoms with Gasteiger partial charge in [0.15, 0.2) is 12.4 Å². The van der Waals surface area contributed by atoms with Gasteiger partial charge in [-0.1, -0.05) is 11.2 Å². The van der Waals surface area contributed by atoms with Gasteiger partial charge in [-0.05, 0) is 25.0 Å². The zero-order valence-corrected chi connectivity index (χ0v) is 15.7. The van der Waals surface area contributed by atoms with E-state index in [-0.39, 0.29) is 12.5 Å². The van der Waals surface area contributed by atoms with Gasteiger partial charge in [0.2, 0.25) is 5.88 Å². The van der Waals surface area contributed by atoms with E-state index in [0.29, 0.717) is 36.2 Å². The van der Waals surface area contributed by atoms with Gasteiger partial charge in [0.25, 0.3) is 11.8 Å². The van der Waals surface area contributed by atoms with Crippen LogP contribution in [0.2, 0.25) is 0 Å². The van der Waals surface area contributed by atoms with Gasteiger partial charge in [-0.25, -0.2) is 4.98 Å². The minimum atomic E-state index is -0.0546. The van der Waals surface area contributed by atoms with Crippen LogP contribution in [0.3, 0.4) is 0 Å². The van der Waals surface area contributed by atoms with Crippen LogP contribution in [0.15, 0.2) is 41.3 Å². The molecule has 9 heteroatoms. The maximum absolute atomic E-state index is 12.8.